The molecule has 22 heavy (non-hydrogen) atoms. The van der Waals surface area contributed by atoms with E-state index in [0.717, 1.165) is 4.90 Å². The van der Waals surface area contributed by atoms with E-state index >= 15 is 0 Å². The quantitative estimate of drug-likeness (QED) is 0.709. The number of nitrogens with zero attached hydrogens (tertiary/aromatic N) is 2. The number of hydrogen-bond donors (Lipinski definition) is 3. The Kier molecular flexibility index (Phi) is 3.59. The van der Waals surface area contributed by atoms with Crippen LogP contribution in [0.1, 0.15) is 32.0 Å². The second-order valence-electron chi connectivity index (χ2n) is 6.20. The number of imide groups is 1. The lowest BCUT2D eigenvalue weighted by Crippen LogP contribution is -2.58. The number of aryl methyl sites for hydroxylation is 1. The number of aromatic nitrogens is 1. The van der Waals surface area contributed by atoms with Crippen molar-refractivity contribution in [1.29, 1.82) is 0 Å². The number of carboxylic acid groups (broad SMARTS) is 1. The van der Waals surface area contributed by atoms with Gasteiger partial charge in [-0.15, -0.1) is 0 Å². The highest BCUT2D eigenvalue weighted by Gasteiger charge is 2.53. The van der Waals surface area contributed by atoms with E-state index in [1.54, 1.807) is 27.7 Å². The first-order chi connectivity index (χ1) is 10.1. The van der Waals surface area contributed by atoms with Crippen LogP contribution in [0.25, 0.3) is 0 Å². The monoisotopic (exact) mass is 310 g/mol. The summed E-state index contributed by atoms with van der Waals surface area (Å²) in [4.78, 5) is 36.6. The molecule has 4 amide bonds. The Hall–Kier alpha value is -2.58. The summed E-state index contributed by atoms with van der Waals surface area (Å²) >= 11 is 0. The van der Waals surface area contributed by atoms with Crippen LogP contribution in [0, 0.1) is 6.92 Å². The molecule has 0 unspecified atom stereocenters. The summed E-state index contributed by atoms with van der Waals surface area (Å²) in [6, 6.07) is -0.702. The Morgan fingerprint density at radius 2 is 2.09 bits per heavy atom. The van der Waals surface area contributed by atoms with Crippen molar-refractivity contribution < 1.29 is 24.0 Å². The molecule has 9 heteroatoms. The molecule has 0 spiro atoms. The van der Waals surface area contributed by atoms with Crippen molar-refractivity contribution in [2.24, 2.45) is 0 Å². The average Bonchev–Trinajstić information content (AvgIpc) is 2.89. The standard InChI is InChI=1S/C13H18N4O5/c1-7-5-22-16-8(7)13(9(18)14-10(19)15-13)6-17(11(20)21)12(2,3)4/h5H,6H2,1-4H3,(H,20,21)(H2,14,15,18,19)/t13-/m1/s1. The topological polar surface area (TPSA) is 125 Å². The van der Waals surface area contributed by atoms with Gasteiger partial charge in [-0.05, 0) is 27.7 Å². The van der Waals surface area contributed by atoms with Crippen molar-refractivity contribution in [2.45, 2.75) is 38.8 Å². The maximum atomic E-state index is 12.3. The number of amides is 4. The fraction of sp³-hybridized carbons (Fsp3) is 0.538. The van der Waals surface area contributed by atoms with Crippen LogP contribution in [0.5, 0.6) is 0 Å². The zero-order chi connectivity index (χ0) is 16.7. The van der Waals surface area contributed by atoms with Gasteiger partial charge >= 0.3 is 12.1 Å². The van der Waals surface area contributed by atoms with Crippen molar-refractivity contribution in [3.63, 3.8) is 0 Å². The Morgan fingerprint density at radius 3 is 2.45 bits per heavy atom. The largest absolute Gasteiger partial charge is 0.465 e. The molecule has 120 valence electrons. The second-order valence-corrected chi connectivity index (χ2v) is 6.20. The molecule has 1 saturated heterocycles. The highest BCUT2D eigenvalue weighted by Crippen LogP contribution is 2.30. The van der Waals surface area contributed by atoms with Gasteiger partial charge in [0.05, 0.1) is 6.54 Å². The molecule has 0 radical (unpaired) electrons. The van der Waals surface area contributed by atoms with E-state index in [9.17, 15) is 19.5 Å². The van der Waals surface area contributed by atoms with Gasteiger partial charge in [-0.3, -0.25) is 10.1 Å². The maximum absolute atomic E-state index is 12.3. The third-order valence-corrected chi connectivity index (χ3v) is 3.53. The van der Waals surface area contributed by atoms with Crippen molar-refractivity contribution >= 4 is 18.0 Å². The van der Waals surface area contributed by atoms with Gasteiger partial charge in [0, 0.05) is 11.1 Å². The van der Waals surface area contributed by atoms with E-state index in [2.05, 4.69) is 15.8 Å². The smallest absolute Gasteiger partial charge is 0.407 e. The van der Waals surface area contributed by atoms with Crippen LogP contribution in [0.15, 0.2) is 10.8 Å². The molecule has 1 aliphatic heterocycles. The van der Waals surface area contributed by atoms with Crippen LogP contribution in [0.3, 0.4) is 0 Å². The molecule has 2 heterocycles. The second kappa shape index (κ2) is 5.00. The first-order valence-corrected chi connectivity index (χ1v) is 6.63. The summed E-state index contributed by atoms with van der Waals surface area (Å²) in [5.41, 5.74) is -1.66. The minimum absolute atomic E-state index is 0.186. The summed E-state index contributed by atoms with van der Waals surface area (Å²) in [6.07, 6.45) is 0.124. The summed E-state index contributed by atoms with van der Waals surface area (Å²) in [5.74, 6) is -0.662. The van der Waals surface area contributed by atoms with Gasteiger partial charge in [-0.1, -0.05) is 5.16 Å². The summed E-state index contributed by atoms with van der Waals surface area (Å²) in [5, 5.41) is 17.8. The van der Waals surface area contributed by atoms with Gasteiger partial charge in [0.2, 0.25) is 0 Å². The minimum Gasteiger partial charge on any atom is -0.465 e. The maximum Gasteiger partial charge on any atom is 0.407 e. The molecule has 0 aromatic carbocycles. The highest BCUT2D eigenvalue weighted by molar-refractivity contribution is 6.07. The third kappa shape index (κ3) is 2.49. The lowest BCUT2D eigenvalue weighted by Gasteiger charge is -2.38. The number of carbonyl (C=O) groups is 3. The number of nitrogens with one attached hydrogen (secondary N) is 2. The lowest BCUT2D eigenvalue weighted by atomic mass is 9.90. The van der Waals surface area contributed by atoms with Gasteiger partial charge in [-0.25, -0.2) is 9.59 Å². The van der Waals surface area contributed by atoms with E-state index in [0.29, 0.717) is 5.56 Å². The van der Waals surface area contributed by atoms with Crippen molar-refractivity contribution in [1.82, 2.24) is 20.7 Å². The molecule has 0 saturated carbocycles. The van der Waals surface area contributed by atoms with E-state index in [-0.39, 0.29) is 12.2 Å². The van der Waals surface area contributed by atoms with Crippen LogP contribution in [-0.4, -0.2) is 45.3 Å². The van der Waals surface area contributed by atoms with Gasteiger partial charge in [0.1, 0.15) is 12.0 Å². The molecule has 1 atom stereocenters. The number of urea groups is 1. The van der Waals surface area contributed by atoms with Crippen LogP contribution < -0.4 is 10.6 Å². The number of hydrogen-bond acceptors (Lipinski definition) is 5. The van der Waals surface area contributed by atoms with Gasteiger partial charge in [0.15, 0.2) is 5.54 Å². The van der Waals surface area contributed by atoms with E-state index < -0.39 is 29.1 Å². The Labute approximate surface area is 126 Å². The van der Waals surface area contributed by atoms with Gasteiger partial charge in [0.25, 0.3) is 5.91 Å². The van der Waals surface area contributed by atoms with Gasteiger partial charge < -0.3 is 19.8 Å². The molecule has 1 fully saturated rings. The third-order valence-electron chi connectivity index (χ3n) is 3.53. The molecule has 1 aromatic heterocycles. The molecule has 2 rings (SSSR count). The predicted octanol–water partition coefficient (Wildman–Crippen LogP) is 0.796. The van der Waals surface area contributed by atoms with Crippen LogP contribution in [-0.2, 0) is 10.3 Å². The van der Waals surface area contributed by atoms with Crippen LogP contribution in [0.2, 0.25) is 0 Å². The summed E-state index contributed by atoms with van der Waals surface area (Å²) in [7, 11) is 0. The normalized spacial score (nSPS) is 21.5. The number of carbonyl (C=O) groups excluding carboxylic acids is 2. The van der Waals surface area contributed by atoms with Crippen molar-refractivity contribution in [3.8, 4) is 0 Å². The molecule has 1 aliphatic rings. The molecular formula is C13H18N4O5. The predicted molar refractivity (Wildman–Crippen MR) is 74.1 cm³/mol. The first-order valence-electron chi connectivity index (χ1n) is 6.63. The minimum atomic E-state index is -1.61. The molecular weight excluding hydrogens is 292 g/mol. The van der Waals surface area contributed by atoms with Crippen LogP contribution >= 0.6 is 0 Å². The zero-order valence-corrected chi connectivity index (χ0v) is 12.8. The fourth-order valence-corrected chi connectivity index (χ4v) is 2.37. The lowest BCUT2D eigenvalue weighted by molar-refractivity contribution is -0.125. The molecule has 0 bridgehead atoms. The number of rotatable bonds is 3. The van der Waals surface area contributed by atoms with Crippen molar-refractivity contribution in [3.05, 3.63) is 17.5 Å². The Morgan fingerprint density at radius 1 is 1.45 bits per heavy atom. The SMILES string of the molecule is Cc1conc1[C@@]1(CN(C(=O)O)C(C)(C)C)NC(=O)NC1=O. The Bertz CT molecular complexity index is 633. The average molecular weight is 310 g/mol. The highest BCUT2D eigenvalue weighted by atomic mass is 16.5. The first kappa shape index (κ1) is 15.8. The van der Waals surface area contributed by atoms with Crippen LogP contribution in [0.4, 0.5) is 9.59 Å². The summed E-state index contributed by atoms with van der Waals surface area (Å²) < 4.78 is 4.85. The Balaban J connectivity index is 2.52. The molecule has 3 N–H and O–H groups in total. The molecule has 0 aliphatic carbocycles. The zero-order valence-electron chi connectivity index (χ0n) is 12.8. The fourth-order valence-electron chi connectivity index (χ4n) is 2.37. The van der Waals surface area contributed by atoms with E-state index in [4.69, 9.17) is 4.52 Å². The van der Waals surface area contributed by atoms with Crippen molar-refractivity contribution in [2.75, 3.05) is 6.54 Å². The van der Waals surface area contributed by atoms with E-state index in [1.165, 1.54) is 6.26 Å². The molecule has 9 nitrogen and oxygen atoms in total. The van der Waals surface area contributed by atoms with Gasteiger partial charge in [-0.2, -0.15) is 0 Å². The van der Waals surface area contributed by atoms with E-state index in [1.807, 2.05) is 0 Å². The molecule has 1 aromatic rings. The summed E-state index contributed by atoms with van der Waals surface area (Å²) in [6.45, 7) is 6.46.